The molecule has 0 amide bonds. The molecule has 0 radical (unpaired) electrons. The normalized spacial score (nSPS) is 14.8. The number of aryl methyl sites for hydroxylation is 1. The Bertz CT molecular complexity index is 1270. The second-order valence-corrected chi connectivity index (χ2v) is 8.28. The quantitative estimate of drug-likeness (QED) is 0.526. The minimum absolute atomic E-state index is 0.121. The predicted molar refractivity (Wildman–Crippen MR) is 127 cm³/mol. The third-order valence-electron chi connectivity index (χ3n) is 5.96. The third kappa shape index (κ3) is 3.97. The Morgan fingerprint density at radius 1 is 0.969 bits per heavy atom. The average molecular weight is 430 g/mol. The zero-order chi connectivity index (χ0) is 22.1. The largest absolute Gasteiger partial charge is 0.379 e. The number of aromatic nitrogens is 4. The van der Waals surface area contributed by atoms with Gasteiger partial charge in [-0.2, -0.15) is 0 Å². The number of likely N-dealkylation sites (N-methyl/N-ethyl adjacent to an activating group) is 1. The molecule has 1 aliphatic heterocycles. The summed E-state index contributed by atoms with van der Waals surface area (Å²) in [5.74, 6) is 0.985. The molecule has 3 aromatic heterocycles. The highest BCUT2D eigenvalue weighted by atomic mass is 16.1. The van der Waals surface area contributed by atoms with Crippen LogP contribution in [0.25, 0.3) is 16.8 Å². The van der Waals surface area contributed by atoms with E-state index in [1.165, 1.54) is 0 Å². The van der Waals surface area contributed by atoms with Gasteiger partial charge in [0.15, 0.2) is 5.65 Å². The van der Waals surface area contributed by atoms with Crippen LogP contribution in [0.15, 0.2) is 65.8 Å². The summed E-state index contributed by atoms with van der Waals surface area (Å²) in [7, 11) is 3.91. The van der Waals surface area contributed by atoms with Gasteiger partial charge in [-0.1, -0.05) is 18.2 Å². The van der Waals surface area contributed by atoms with Gasteiger partial charge in [-0.05, 0) is 31.3 Å². The molecule has 1 saturated heterocycles. The van der Waals surface area contributed by atoms with Crippen molar-refractivity contribution in [3.05, 3.63) is 77.2 Å². The van der Waals surface area contributed by atoms with Gasteiger partial charge in [0.25, 0.3) is 0 Å². The first kappa shape index (κ1) is 20.3. The first-order valence-corrected chi connectivity index (χ1v) is 10.8. The smallest absolute Gasteiger partial charge is 0.333 e. The molecule has 0 unspecified atom stereocenters. The molecule has 0 atom stereocenters. The Kier molecular flexibility index (Phi) is 5.36. The molecule has 0 spiro atoms. The van der Waals surface area contributed by atoms with E-state index in [0.717, 1.165) is 54.5 Å². The number of fused-ring (bicyclic) bond motifs is 1. The summed E-state index contributed by atoms with van der Waals surface area (Å²) in [5.41, 5.74) is 4.17. The maximum absolute atomic E-state index is 12.7. The topological polar surface area (TPSA) is 70.7 Å². The van der Waals surface area contributed by atoms with Gasteiger partial charge in [-0.25, -0.2) is 14.8 Å². The summed E-state index contributed by atoms with van der Waals surface area (Å²) >= 11 is 0. The van der Waals surface area contributed by atoms with Crippen LogP contribution in [0.2, 0.25) is 0 Å². The van der Waals surface area contributed by atoms with Gasteiger partial charge in [-0.3, -0.25) is 4.40 Å². The van der Waals surface area contributed by atoms with Crippen LogP contribution < -0.4 is 15.9 Å². The van der Waals surface area contributed by atoms with Crippen molar-refractivity contribution < 1.29 is 0 Å². The number of pyridine rings is 1. The van der Waals surface area contributed by atoms with Gasteiger partial charge in [0.2, 0.25) is 0 Å². The Morgan fingerprint density at radius 2 is 1.75 bits per heavy atom. The minimum atomic E-state index is -0.121. The molecule has 4 aromatic rings. The average Bonchev–Trinajstić information content (AvgIpc) is 3.26. The van der Waals surface area contributed by atoms with E-state index in [0.29, 0.717) is 12.2 Å². The molecule has 164 valence electrons. The number of nitrogens with one attached hydrogen (secondary N) is 1. The molecular formula is C24H27N7O. The molecule has 32 heavy (non-hydrogen) atoms. The number of hydrogen-bond donors (Lipinski definition) is 1. The number of piperazine rings is 1. The van der Waals surface area contributed by atoms with Crippen LogP contribution >= 0.6 is 0 Å². The van der Waals surface area contributed by atoms with Crippen LogP contribution in [-0.2, 0) is 13.6 Å². The number of hydrogen-bond acceptors (Lipinski definition) is 6. The zero-order valence-electron chi connectivity index (χ0n) is 18.4. The molecule has 1 aromatic carbocycles. The summed E-state index contributed by atoms with van der Waals surface area (Å²) < 4.78 is 3.21. The van der Waals surface area contributed by atoms with E-state index in [1.807, 2.05) is 48.9 Å². The van der Waals surface area contributed by atoms with E-state index in [-0.39, 0.29) is 5.69 Å². The molecule has 5 rings (SSSR count). The lowest BCUT2D eigenvalue weighted by atomic mass is 10.1. The maximum Gasteiger partial charge on any atom is 0.333 e. The number of nitrogens with zero attached hydrogens (tertiary/aromatic N) is 6. The van der Waals surface area contributed by atoms with Crippen molar-refractivity contribution in [3.63, 3.8) is 0 Å². The van der Waals surface area contributed by atoms with Crippen LogP contribution in [-0.4, -0.2) is 57.1 Å². The number of anilines is 2. The molecule has 0 saturated carbocycles. The Morgan fingerprint density at radius 3 is 2.47 bits per heavy atom. The van der Waals surface area contributed by atoms with Crippen LogP contribution in [0.5, 0.6) is 0 Å². The van der Waals surface area contributed by atoms with Gasteiger partial charge in [0, 0.05) is 68.6 Å². The lowest BCUT2D eigenvalue weighted by Crippen LogP contribution is -2.44. The van der Waals surface area contributed by atoms with Gasteiger partial charge < -0.3 is 19.7 Å². The lowest BCUT2D eigenvalue weighted by molar-refractivity contribution is 0.312. The number of rotatable bonds is 5. The summed E-state index contributed by atoms with van der Waals surface area (Å²) in [6.07, 6.45) is 5.53. The maximum atomic E-state index is 12.7. The first-order chi connectivity index (χ1) is 15.6. The monoisotopic (exact) mass is 429 g/mol. The van der Waals surface area contributed by atoms with E-state index in [9.17, 15) is 4.79 Å². The number of benzene rings is 1. The highest BCUT2D eigenvalue weighted by molar-refractivity contribution is 5.77. The second kappa shape index (κ2) is 8.47. The molecule has 1 N–H and O–H groups in total. The van der Waals surface area contributed by atoms with Crippen molar-refractivity contribution >= 4 is 17.2 Å². The Hall–Kier alpha value is -3.65. The predicted octanol–water partition coefficient (Wildman–Crippen LogP) is 2.46. The zero-order valence-corrected chi connectivity index (χ0v) is 18.4. The summed E-state index contributed by atoms with van der Waals surface area (Å²) in [6, 6.07) is 14.1. The highest BCUT2D eigenvalue weighted by Gasteiger charge is 2.17. The van der Waals surface area contributed by atoms with Crippen molar-refractivity contribution in [2.45, 2.75) is 6.54 Å². The number of para-hydroxylation sites is 1. The molecule has 0 aliphatic carbocycles. The highest BCUT2D eigenvalue weighted by Crippen LogP contribution is 2.25. The molecule has 8 nitrogen and oxygen atoms in total. The van der Waals surface area contributed by atoms with Crippen molar-refractivity contribution in [2.24, 2.45) is 7.05 Å². The van der Waals surface area contributed by atoms with Gasteiger partial charge >= 0.3 is 5.69 Å². The number of imidazole rings is 1. The van der Waals surface area contributed by atoms with Crippen molar-refractivity contribution in [3.8, 4) is 11.1 Å². The molecule has 4 heterocycles. The molecule has 0 bridgehead atoms. The van der Waals surface area contributed by atoms with E-state index in [4.69, 9.17) is 9.97 Å². The molecular weight excluding hydrogens is 402 g/mol. The van der Waals surface area contributed by atoms with Crippen molar-refractivity contribution in [1.82, 2.24) is 23.8 Å². The fraction of sp³-hybridized carbons (Fsp3) is 0.292. The Labute approximate surface area is 186 Å². The third-order valence-corrected chi connectivity index (χ3v) is 5.96. The summed E-state index contributed by atoms with van der Waals surface area (Å²) in [6.45, 7) is 4.57. The van der Waals surface area contributed by atoms with Crippen molar-refractivity contribution in [2.75, 3.05) is 43.4 Å². The van der Waals surface area contributed by atoms with Gasteiger partial charge in [0.05, 0.1) is 12.2 Å². The standard InChI is InChI=1S/C24H27N7O/c1-28-10-12-30(13-11-28)22-9-8-18(14-26-22)21-17-29(2)24(32)31-16-20(27-23(21)31)15-25-19-6-4-3-5-7-19/h3-9,14,16-17,25H,10-13,15H2,1-2H3. The van der Waals surface area contributed by atoms with E-state index in [1.54, 1.807) is 16.0 Å². The van der Waals surface area contributed by atoms with E-state index < -0.39 is 0 Å². The Balaban J connectivity index is 1.45. The second-order valence-electron chi connectivity index (χ2n) is 8.28. The summed E-state index contributed by atoms with van der Waals surface area (Å²) in [4.78, 5) is 26.8. The van der Waals surface area contributed by atoms with Gasteiger partial charge in [-0.15, -0.1) is 0 Å². The van der Waals surface area contributed by atoms with Crippen LogP contribution in [0.4, 0.5) is 11.5 Å². The first-order valence-electron chi connectivity index (χ1n) is 10.8. The molecule has 8 heteroatoms. The fourth-order valence-electron chi connectivity index (χ4n) is 4.05. The van der Waals surface area contributed by atoms with Crippen LogP contribution in [0.1, 0.15) is 5.69 Å². The molecule has 1 fully saturated rings. The van der Waals surface area contributed by atoms with Gasteiger partial charge in [0.1, 0.15) is 5.82 Å². The van der Waals surface area contributed by atoms with E-state index >= 15 is 0 Å². The minimum Gasteiger partial charge on any atom is -0.379 e. The van der Waals surface area contributed by atoms with Crippen LogP contribution in [0.3, 0.4) is 0 Å². The van der Waals surface area contributed by atoms with Crippen LogP contribution in [0, 0.1) is 0 Å². The van der Waals surface area contributed by atoms with Crippen molar-refractivity contribution in [1.29, 1.82) is 0 Å². The SMILES string of the molecule is CN1CCN(c2ccc(-c3cn(C)c(=O)n4cc(CNc5ccccc5)nc34)cn2)CC1. The van der Waals surface area contributed by atoms with E-state index in [2.05, 4.69) is 34.3 Å². The fourth-order valence-corrected chi connectivity index (χ4v) is 4.05. The summed E-state index contributed by atoms with van der Waals surface area (Å²) in [5, 5.41) is 3.36. The lowest BCUT2D eigenvalue weighted by Gasteiger charge is -2.33. The molecule has 1 aliphatic rings.